The van der Waals surface area contributed by atoms with Gasteiger partial charge in [0.2, 0.25) is 11.7 Å². The zero-order valence-electron chi connectivity index (χ0n) is 14.6. The van der Waals surface area contributed by atoms with Crippen LogP contribution in [0, 0.1) is 11.7 Å². The summed E-state index contributed by atoms with van der Waals surface area (Å²) in [7, 11) is 0. The number of carbonyl (C=O) groups excluding carboxylic acids is 1. The molecule has 8 heteroatoms. The molecule has 1 aliphatic heterocycles. The third-order valence-electron chi connectivity index (χ3n) is 4.63. The monoisotopic (exact) mass is 386 g/mol. The van der Waals surface area contributed by atoms with Crippen LogP contribution in [-0.4, -0.2) is 34.2 Å². The smallest absolute Gasteiger partial charge is 0.321 e. The van der Waals surface area contributed by atoms with Crippen molar-refractivity contribution in [2.24, 2.45) is 5.92 Å². The Hall–Kier alpha value is -2.74. The van der Waals surface area contributed by atoms with Gasteiger partial charge in [0.05, 0.1) is 5.69 Å². The molecule has 3 aromatic rings. The molecular weight excluding hydrogens is 367 g/mol. The normalized spacial score (nSPS) is 17.1. The fourth-order valence-corrected chi connectivity index (χ4v) is 3.90. The molecule has 2 aromatic heterocycles. The first kappa shape index (κ1) is 17.7. The molecule has 1 atom stereocenters. The van der Waals surface area contributed by atoms with Crippen LogP contribution >= 0.6 is 11.3 Å². The van der Waals surface area contributed by atoms with E-state index >= 15 is 0 Å². The molecule has 0 saturated carbocycles. The van der Waals surface area contributed by atoms with Gasteiger partial charge in [-0.3, -0.25) is 0 Å². The number of carbonyl (C=O) groups is 1. The number of nitrogens with one attached hydrogen (secondary N) is 1. The van der Waals surface area contributed by atoms with Gasteiger partial charge >= 0.3 is 6.03 Å². The first-order valence-electron chi connectivity index (χ1n) is 8.84. The van der Waals surface area contributed by atoms with E-state index in [1.807, 2.05) is 16.8 Å². The number of likely N-dealkylation sites (tertiary alicyclic amines) is 1. The quantitative estimate of drug-likeness (QED) is 0.720. The van der Waals surface area contributed by atoms with E-state index < -0.39 is 5.82 Å². The van der Waals surface area contributed by atoms with Crippen LogP contribution in [0.4, 0.5) is 14.9 Å². The molecular formula is C19H19FN4O2S. The molecule has 0 unspecified atom stereocenters. The highest BCUT2D eigenvalue weighted by Gasteiger charge is 2.26. The Labute approximate surface area is 160 Å². The van der Waals surface area contributed by atoms with E-state index in [1.54, 1.807) is 34.4 Å². The third kappa shape index (κ3) is 4.16. The van der Waals surface area contributed by atoms with Crippen molar-refractivity contribution in [1.82, 2.24) is 15.0 Å². The summed E-state index contributed by atoms with van der Waals surface area (Å²) >= 11 is 1.58. The summed E-state index contributed by atoms with van der Waals surface area (Å²) in [6, 6.07) is 7.84. The Balaban J connectivity index is 1.37. The van der Waals surface area contributed by atoms with Crippen molar-refractivity contribution in [2.45, 2.75) is 19.3 Å². The number of hydrogen-bond donors (Lipinski definition) is 1. The van der Waals surface area contributed by atoms with Crippen LogP contribution in [0.25, 0.3) is 11.4 Å². The standard InChI is InChI=1S/C19H19FN4O2S/c20-15-5-1-2-6-16(15)21-19(25)24-8-3-4-13(11-24)10-17-22-18(23-26-17)14-7-9-27-12-14/h1-2,5-7,9,12-13H,3-4,8,10-11H2,(H,21,25)/t13-/m0/s1. The number of amides is 2. The van der Waals surface area contributed by atoms with Crippen molar-refractivity contribution >= 4 is 23.1 Å². The van der Waals surface area contributed by atoms with Crippen LogP contribution in [0.1, 0.15) is 18.7 Å². The van der Waals surface area contributed by atoms with Crippen molar-refractivity contribution in [3.8, 4) is 11.4 Å². The fraction of sp³-hybridized carbons (Fsp3) is 0.316. The second kappa shape index (κ2) is 7.87. The van der Waals surface area contributed by atoms with Crippen LogP contribution in [0.3, 0.4) is 0 Å². The number of benzene rings is 1. The number of para-hydroxylation sites is 1. The van der Waals surface area contributed by atoms with Gasteiger partial charge < -0.3 is 14.7 Å². The maximum atomic E-state index is 13.7. The van der Waals surface area contributed by atoms with Gasteiger partial charge in [0, 0.05) is 30.5 Å². The number of urea groups is 1. The van der Waals surface area contributed by atoms with Crippen molar-refractivity contribution in [2.75, 3.05) is 18.4 Å². The first-order chi connectivity index (χ1) is 13.2. The molecule has 0 spiro atoms. The zero-order chi connectivity index (χ0) is 18.6. The van der Waals surface area contributed by atoms with Crippen molar-refractivity contribution in [3.05, 3.63) is 52.8 Å². The third-order valence-corrected chi connectivity index (χ3v) is 5.32. The minimum absolute atomic E-state index is 0.196. The molecule has 1 saturated heterocycles. The minimum atomic E-state index is -0.439. The molecule has 0 aliphatic carbocycles. The van der Waals surface area contributed by atoms with Crippen LogP contribution in [-0.2, 0) is 6.42 Å². The Morgan fingerprint density at radius 2 is 2.26 bits per heavy atom. The molecule has 0 bridgehead atoms. The Morgan fingerprint density at radius 1 is 1.37 bits per heavy atom. The summed E-state index contributed by atoms with van der Waals surface area (Å²) in [5.41, 5.74) is 1.14. The molecule has 1 fully saturated rings. The van der Waals surface area contributed by atoms with E-state index in [4.69, 9.17) is 4.52 Å². The van der Waals surface area contributed by atoms with Gasteiger partial charge in [0.15, 0.2) is 0 Å². The maximum absolute atomic E-state index is 13.7. The lowest BCUT2D eigenvalue weighted by Crippen LogP contribution is -2.43. The number of aromatic nitrogens is 2. The minimum Gasteiger partial charge on any atom is -0.339 e. The predicted octanol–water partition coefficient (Wildman–Crippen LogP) is 4.42. The van der Waals surface area contributed by atoms with Crippen molar-refractivity contribution in [1.29, 1.82) is 0 Å². The van der Waals surface area contributed by atoms with E-state index in [0.717, 1.165) is 18.4 Å². The number of rotatable bonds is 4. The molecule has 2 amide bonds. The van der Waals surface area contributed by atoms with E-state index in [2.05, 4.69) is 15.5 Å². The van der Waals surface area contributed by atoms with Gasteiger partial charge in [-0.1, -0.05) is 17.3 Å². The Bertz CT molecular complexity index is 912. The van der Waals surface area contributed by atoms with Gasteiger partial charge in [-0.15, -0.1) is 0 Å². The fourth-order valence-electron chi connectivity index (χ4n) is 3.27. The van der Waals surface area contributed by atoms with Gasteiger partial charge in [0.25, 0.3) is 0 Å². The molecule has 3 heterocycles. The summed E-state index contributed by atoms with van der Waals surface area (Å²) in [4.78, 5) is 18.7. The molecule has 6 nitrogen and oxygen atoms in total. The number of halogens is 1. The van der Waals surface area contributed by atoms with Gasteiger partial charge in [-0.05, 0) is 42.3 Å². The van der Waals surface area contributed by atoms with E-state index in [1.165, 1.54) is 6.07 Å². The van der Waals surface area contributed by atoms with Crippen molar-refractivity contribution < 1.29 is 13.7 Å². The lowest BCUT2D eigenvalue weighted by molar-refractivity contribution is 0.173. The summed E-state index contributed by atoms with van der Waals surface area (Å²) in [6.45, 7) is 1.23. The average molecular weight is 386 g/mol. The largest absolute Gasteiger partial charge is 0.339 e. The van der Waals surface area contributed by atoms with Crippen molar-refractivity contribution in [3.63, 3.8) is 0 Å². The summed E-state index contributed by atoms with van der Waals surface area (Å²) in [5.74, 6) is 0.973. The Kier molecular flexibility index (Phi) is 5.15. The van der Waals surface area contributed by atoms with Gasteiger partial charge in [0.1, 0.15) is 5.82 Å². The number of hydrogen-bond acceptors (Lipinski definition) is 5. The SMILES string of the molecule is O=C(Nc1ccccc1F)N1CCC[C@@H](Cc2nc(-c3ccsc3)no2)C1. The highest BCUT2D eigenvalue weighted by molar-refractivity contribution is 7.08. The van der Waals surface area contributed by atoms with E-state index in [9.17, 15) is 9.18 Å². The maximum Gasteiger partial charge on any atom is 0.321 e. The van der Waals surface area contributed by atoms with Gasteiger partial charge in [-0.25, -0.2) is 9.18 Å². The van der Waals surface area contributed by atoms with Crippen LogP contribution in [0.2, 0.25) is 0 Å². The first-order valence-corrected chi connectivity index (χ1v) is 9.79. The van der Waals surface area contributed by atoms with Crippen LogP contribution in [0.15, 0.2) is 45.6 Å². The summed E-state index contributed by atoms with van der Waals surface area (Å²) in [6.07, 6.45) is 2.50. The van der Waals surface area contributed by atoms with E-state index in [-0.39, 0.29) is 17.6 Å². The zero-order valence-corrected chi connectivity index (χ0v) is 15.4. The van der Waals surface area contributed by atoms with E-state index in [0.29, 0.717) is 31.2 Å². The predicted molar refractivity (Wildman–Crippen MR) is 101 cm³/mol. The highest BCUT2D eigenvalue weighted by Crippen LogP contribution is 2.24. The highest BCUT2D eigenvalue weighted by atomic mass is 32.1. The van der Waals surface area contributed by atoms with Crippen LogP contribution in [0.5, 0.6) is 0 Å². The summed E-state index contributed by atoms with van der Waals surface area (Å²) in [5, 5.41) is 10.6. The molecule has 1 aliphatic rings. The lowest BCUT2D eigenvalue weighted by atomic mass is 9.95. The van der Waals surface area contributed by atoms with Crippen LogP contribution < -0.4 is 5.32 Å². The number of thiophene rings is 1. The molecule has 0 radical (unpaired) electrons. The molecule has 1 N–H and O–H groups in total. The molecule has 1 aromatic carbocycles. The number of anilines is 1. The lowest BCUT2D eigenvalue weighted by Gasteiger charge is -2.32. The molecule has 140 valence electrons. The number of nitrogens with zero attached hydrogens (tertiary/aromatic N) is 3. The second-order valence-electron chi connectivity index (χ2n) is 6.59. The average Bonchev–Trinajstić information content (AvgIpc) is 3.35. The number of piperidine rings is 1. The molecule has 4 rings (SSSR count). The molecule has 27 heavy (non-hydrogen) atoms. The Morgan fingerprint density at radius 3 is 3.07 bits per heavy atom. The topological polar surface area (TPSA) is 71.3 Å². The summed E-state index contributed by atoms with van der Waals surface area (Å²) < 4.78 is 19.1. The second-order valence-corrected chi connectivity index (χ2v) is 7.37. The van der Waals surface area contributed by atoms with Gasteiger partial charge in [-0.2, -0.15) is 16.3 Å².